The zero-order chi connectivity index (χ0) is 17.7. The van der Waals surface area contributed by atoms with Crippen LogP contribution in [0.5, 0.6) is 17.2 Å². The predicted octanol–water partition coefficient (Wildman–Crippen LogP) is 1.66. The molecule has 1 unspecified atom stereocenters. The number of hydrogen-bond donors (Lipinski definition) is 1. The molecule has 1 heterocycles. The fourth-order valence-electron chi connectivity index (χ4n) is 2.26. The van der Waals surface area contributed by atoms with Crippen LogP contribution in [0.2, 0.25) is 0 Å². The average molecular weight is 335 g/mol. The van der Waals surface area contributed by atoms with Crippen LogP contribution in [0, 0.1) is 5.92 Å². The molecular weight excluding hydrogens is 314 g/mol. The molecule has 0 spiro atoms. The molecule has 0 radical (unpaired) electrons. The number of benzene rings is 1. The van der Waals surface area contributed by atoms with E-state index in [2.05, 4.69) is 0 Å². The van der Waals surface area contributed by atoms with Crippen LogP contribution in [0.25, 0.3) is 6.08 Å². The van der Waals surface area contributed by atoms with Crippen LogP contribution < -0.4 is 14.2 Å². The van der Waals surface area contributed by atoms with Gasteiger partial charge in [-0.15, -0.1) is 0 Å². The number of amides is 1. The van der Waals surface area contributed by atoms with Gasteiger partial charge < -0.3 is 24.2 Å². The zero-order valence-electron chi connectivity index (χ0n) is 13.9. The molecular formula is C17H21NO6. The van der Waals surface area contributed by atoms with Gasteiger partial charge in [0, 0.05) is 19.7 Å². The van der Waals surface area contributed by atoms with Gasteiger partial charge in [-0.2, -0.15) is 0 Å². The molecule has 2 rings (SSSR count). The van der Waals surface area contributed by atoms with Gasteiger partial charge in [0.05, 0.1) is 13.0 Å². The normalized spacial score (nSPS) is 14.3. The second-order valence-corrected chi connectivity index (χ2v) is 5.54. The Bertz CT molecular complexity index is 637. The fraction of sp³-hybridized carbons (Fsp3) is 0.412. The predicted molar refractivity (Wildman–Crippen MR) is 87.5 cm³/mol. The Balaban J connectivity index is 2.11. The number of carboxylic acid groups (broad SMARTS) is 1. The lowest BCUT2D eigenvalue weighted by Crippen LogP contribution is -2.32. The Morgan fingerprint density at radius 1 is 1.38 bits per heavy atom. The maximum absolute atomic E-state index is 12.1. The molecule has 1 aliphatic rings. The monoisotopic (exact) mass is 335 g/mol. The lowest BCUT2D eigenvalue weighted by Gasteiger charge is -2.21. The maximum atomic E-state index is 12.1. The Morgan fingerprint density at radius 2 is 2.08 bits per heavy atom. The highest BCUT2D eigenvalue weighted by molar-refractivity contribution is 5.92. The molecule has 0 aliphatic carbocycles. The summed E-state index contributed by atoms with van der Waals surface area (Å²) in [5.74, 6) is -0.179. The van der Waals surface area contributed by atoms with Gasteiger partial charge in [-0.05, 0) is 23.8 Å². The van der Waals surface area contributed by atoms with Gasteiger partial charge in [0.25, 0.3) is 0 Å². The van der Waals surface area contributed by atoms with Crippen molar-refractivity contribution in [3.8, 4) is 17.2 Å². The molecule has 0 saturated heterocycles. The molecule has 1 aromatic rings. The molecule has 0 fully saturated rings. The number of carbonyl (C=O) groups excluding carboxylic acids is 1. The number of ether oxygens (including phenoxy) is 3. The summed E-state index contributed by atoms with van der Waals surface area (Å²) in [6.45, 7) is 2.62. The van der Waals surface area contributed by atoms with Crippen molar-refractivity contribution in [2.45, 2.75) is 6.92 Å². The van der Waals surface area contributed by atoms with E-state index in [0.29, 0.717) is 30.5 Å². The smallest absolute Gasteiger partial charge is 0.308 e. The van der Waals surface area contributed by atoms with E-state index >= 15 is 0 Å². The molecule has 1 aromatic carbocycles. The molecule has 0 aromatic heterocycles. The second-order valence-electron chi connectivity index (χ2n) is 5.54. The molecule has 1 aliphatic heterocycles. The molecule has 1 N–H and O–H groups in total. The van der Waals surface area contributed by atoms with Gasteiger partial charge in [-0.3, -0.25) is 9.59 Å². The topological polar surface area (TPSA) is 85.3 Å². The first-order valence-corrected chi connectivity index (χ1v) is 7.56. The maximum Gasteiger partial charge on any atom is 0.308 e. The summed E-state index contributed by atoms with van der Waals surface area (Å²) in [7, 11) is 3.10. The summed E-state index contributed by atoms with van der Waals surface area (Å²) < 4.78 is 16.4. The number of likely N-dealkylation sites (N-methyl/N-ethyl adjacent to an activating group) is 1. The molecule has 1 atom stereocenters. The van der Waals surface area contributed by atoms with E-state index in [-0.39, 0.29) is 12.5 Å². The summed E-state index contributed by atoms with van der Waals surface area (Å²) >= 11 is 0. The van der Waals surface area contributed by atoms with Gasteiger partial charge in [0.1, 0.15) is 13.2 Å². The highest BCUT2D eigenvalue weighted by Gasteiger charge is 2.18. The SMILES string of the molecule is COc1cc(C=CC(=O)N(C)CC(C)C(=O)O)cc2c1OCCO2. The summed E-state index contributed by atoms with van der Waals surface area (Å²) in [6.07, 6.45) is 3.02. The minimum atomic E-state index is -0.935. The van der Waals surface area contributed by atoms with Gasteiger partial charge in [-0.1, -0.05) is 6.92 Å². The number of methoxy groups -OCH3 is 1. The van der Waals surface area contributed by atoms with Crippen molar-refractivity contribution >= 4 is 18.0 Å². The van der Waals surface area contributed by atoms with Crippen LogP contribution in [-0.2, 0) is 9.59 Å². The van der Waals surface area contributed by atoms with Crippen molar-refractivity contribution in [2.24, 2.45) is 5.92 Å². The minimum Gasteiger partial charge on any atom is -0.493 e. The van der Waals surface area contributed by atoms with Gasteiger partial charge >= 0.3 is 5.97 Å². The van der Waals surface area contributed by atoms with Gasteiger partial charge in [-0.25, -0.2) is 0 Å². The molecule has 0 bridgehead atoms. The second kappa shape index (κ2) is 7.72. The largest absolute Gasteiger partial charge is 0.493 e. The van der Waals surface area contributed by atoms with Crippen molar-refractivity contribution in [2.75, 3.05) is 33.9 Å². The standard InChI is InChI=1S/C17H21NO6/c1-11(17(20)21)10-18(2)15(19)5-4-12-8-13(22-3)16-14(9-12)23-6-7-24-16/h4-5,8-9,11H,6-7,10H2,1-3H3,(H,20,21). The zero-order valence-corrected chi connectivity index (χ0v) is 13.9. The molecule has 24 heavy (non-hydrogen) atoms. The Hall–Kier alpha value is -2.70. The third-order valence-corrected chi connectivity index (χ3v) is 3.61. The van der Waals surface area contributed by atoms with E-state index in [1.165, 1.54) is 18.1 Å². The first-order valence-electron chi connectivity index (χ1n) is 7.56. The Labute approximate surface area is 140 Å². The van der Waals surface area contributed by atoms with Crippen molar-refractivity contribution in [3.05, 3.63) is 23.8 Å². The molecule has 1 amide bonds. The minimum absolute atomic E-state index is 0.142. The van der Waals surface area contributed by atoms with E-state index in [1.807, 2.05) is 0 Å². The molecule has 7 nitrogen and oxygen atoms in total. The third kappa shape index (κ3) is 4.18. The van der Waals surface area contributed by atoms with Crippen LogP contribution in [-0.4, -0.2) is 55.8 Å². The number of rotatable bonds is 6. The summed E-state index contributed by atoms with van der Waals surface area (Å²) in [5, 5.41) is 8.90. The first kappa shape index (κ1) is 17.7. The molecule has 0 saturated carbocycles. The van der Waals surface area contributed by atoms with Crippen molar-refractivity contribution in [3.63, 3.8) is 0 Å². The number of aliphatic carboxylic acids is 1. The number of carboxylic acids is 1. The number of fused-ring (bicyclic) bond motifs is 1. The van der Waals surface area contributed by atoms with Crippen molar-refractivity contribution < 1.29 is 28.9 Å². The number of hydrogen-bond acceptors (Lipinski definition) is 5. The highest BCUT2D eigenvalue weighted by Crippen LogP contribution is 2.40. The average Bonchev–Trinajstić information content (AvgIpc) is 2.58. The van der Waals surface area contributed by atoms with E-state index < -0.39 is 11.9 Å². The van der Waals surface area contributed by atoms with E-state index in [4.69, 9.17) is 19.3 Å². The Morgan fingerprint density at radius 3 is 2.75 bits per heavy atom. The lowest BCUT2D eigenvalue weighted by atomic mass is 10.1. The third-order valence-electron chi connectivity index (χ3n) is 3.61. The van der Waals surface area contributed by atoms with E-state index in [9.17, 15) is 9.59 Å². The molecule has 7 heteroatoms. The quantitative estimate of drug-likeness (QED) is 0.796. The van der Waals surface area contributed by atoms with Crippen LogP contribution >= 0.6 is 0 Å². The van der Waals surface area contributed by atoms with Crippen LogP contribution in [0.3, 0.4) is 0 Å². The van der Waals surface area contributed by atoms with Crippen molar-refractivity contribution in [1.82, 2.24) is 4.90 Å². The van der Waals surface area contributed by atoms with E-state index in [0.717, 1.165) is 5.56 Å². The fourth-order valence-corrected chi connectivity index (χ4v) is 2.26. The van der Waals surface area contributed by atoms with Crippen LogP contribution in [0.4, 0.5) is 0 Å². The van der Waals surface area contributed by atoms with Gasteiger partial charge in [0.15, 0.2) is 11.5 Å². The van der Waals surface area contributed by atoms with Crippen LogP contribution in [0.15, 0.2) is 18.2 Å². The summed E-state index contributed by atoms with van der Waals surface area (Å²) in [4.78, 5) is 24.3. The lowest BCUT2D eigenvalue weighted by molar-refractivity contribution is -0.142. The number of carbonyl (C=O) groups is 2. The highest BCUT2D eigenvalue weighted by atomic mass is 16.6. The summed E-state index contributed by atoms with van der Waals surface area (Å²) in [5.41, 5.74) is 0.726. The van der Waals surface area contributed by atoms with E-state index in [1.54, 1.807) is 32.2 Å². The Kier molecular flexibility index (Phi) is 5.68. The van der Waals surface area contributed by atoms with Crippen LogP contribution in [0.1, 0.15) is 12.5 Å². The number of nitrogens with zero attached hydrogens (tertiary/aromatic N) is 1. The van der Waals surface area contributed by atoms with Crippen molar-refractivity contribution in [1.29, 1.82) is 0 Å². The molecule has 130 valence electrons. The first-order chi connectivity index (χ1) is 11.4. The summed E-state index contributed by atoms with van der Waals surface area (Å²) in [6, 6.07) is 3.51. The van der Waals surface area contributed by atoms with Gasteiger partial charge in [0.2, 0.25) is 11.7 Å².